The smallest absolute Gasteiger partial charge is 0.259 e. The molecule has 6 nitrogen and oxygen atoms in total. The third-order valence-corrected chi connectivity index (χ3v) is 5.42. The summed E-state index contributed by atoms with van der Waals surface area (Å²) in [5, 5.41) is 4.76. The van der Waals surface area contributed by atoms with Crippen LogP contribution in [0.1, 0.15) is 10.4 Å². The van der Waals surface area contributed by atoms with Gasteiger partial charge in [-0.1, -0.05) is 12.1 Å². The molecule has 3 rings (SSSR count). The van der Waals surface area contributed by atoms with Gasteiger partial charge in [0.05, 0.1) is 16.9 Å². The first-order chi connectivity index (χ1) is 13.0. The quantitative estimate of drug-likeness (QED) is 0.460. The van der Waals surface area contributed by atoms with Crippen LogP contribution < -0.4 is 10.0 Å². The van der Waals surface area contributed by atoms with E-state index in [0.29, 0.717) is 10.8 Å². The molecule has 0 fully saturated rings. The Bertz CT molecular complexity index is 993. The Morgan fingerprint density at radius 2 is 2.00 bits per heavy atom. The summed E-state index contributed by atoms with van der Waals surface area (Å²) in [4.78, 5) is 18.0. The fourth-order valence-electron chi connectivity index (χ4n) is 2.28. The number of carbonyl (C=O) groups excluding carboxylic acids is 1. The van der Waals surface area contributed by atoms with Crippen LogP contribution in [0.25, 0.3) is 11.3 Å². The van der Waals surface area contributed by atoms with Crippen LogP contribution in [-0.4, -0.2) is 25.9 Å². The Morgan fingerprint density at radius 1 is 1.26 bits per heavy atom. The van der Waals surface area contributed by atoms with E-state index in [9.17, 15) is 17.9 Å². The average Bonchev–Trinajstić information content (AvgIpc) is 3.09. The fourth-order valence-corrected chi connectivity index (χ4v) is 3.75. The lowest BCUT2D eigenvalue weighted by atomic mass is 10.1. The number of thiazole rings is 1. The molecule has 1 unspecified atom stereocenters. The predicted molar refractivity (Wildman–Crippen MR) is 106 cm³/mol. The Kier molecular flexibility index (Phi) is 6.22. The number of anilines is 2. The molecule has 1 aromatic heterocycles. The third kappa shape index (κ3) is 4.92. The molecule has 1 heterocycles. The van der Waals surface area contributed by atoms with Crippen molar-refractivity contribution in [3.63, 3.8) is 0 Å². The zero-order chi connectivity index (χ0) is 19.4. The number of hydrogen-bond acceptors (Lipinski definition) is 6. The van der Waals surface area contributed by atoms with Gasteiger partial charge in [-0.05, 0) is 36.6 Å². The van der Waals surface area contributed by atoms with Crippen LogP contribution in [0.5, 0.6) is 0 Å². The topological polar surface area (TPSA) is 94.2 Å². The molecule has 2 N–H and O–H groups in total. The maximum Gasteiger partial charge on any atom is 0.259 e. The molecule has 0 bridgehead atoms. The van der Waals surface area contributed by atoms with Crippen LogP contribution >= 0.6 is 23.1 Å². The second kappa shape index (κ2) is 8.61. The molecule has 10 heteroatoms. The van der Waals surface area contributed by atoms with Crippen molar-refractivity contribution in [2.45, 2.75) is 4.90 Å². The Morgan fingerprint density at radius 3 is 2.67 bits per heavy atom. The molecule has 0 aliphatic heterocycles. The van der Waals surface area contributed by atoms with E-state index in [-0.39, 0.29) is 11.3 Å². The highest BCUT2D eigenvalue weighted by atomic mass is 32.2. The number of nitrogens with zero attached hydrogens (tertiary/aromatic N) is 1. The summed E-state index contributed by atoms with van der Waals surface area (Å²) in [6, 6.07) is 11.1. The maximum atomic E-state index is 13.3. The summed E-state index contributed by atoms with van der Waals surface area (Å²) in [6.45, 7) is 0. The lowest BCUT2D eigenvalue weighted by Gasteiger charge is -2.13. The lowest BCUT2D eigenvalue weighted by Crippen LogP contribution is -2.15. The fraction of sp³-hybridized carbons (Fsp3) is 0.0588. The first kappa shape index (κ1) is 19.5. The molecule has 0 spiro atoms. The van der Waals surface area contributed by atoms with Crippen molar-refractivity contribution in [2.75, 3.05) is 16.3 Å². The van der Waals surface area contributed by atoms with Crippen LogP contribution in [0.3, 0.4) is 0 Å². The van der Waals surface area contributed by atoms with Gasteiger partial charge < -0.3 is 9.27 Å². The van der Waals surface area contributed by atoms with Gasteiger partial charge >= 0.3 is 0 Å². The average molecular weight is 423 g/mol. The summed E-state index contributed by atoms with van der Waals surface area (Å²) >= 11 is 0.192. The molecule has 2 aromatic carbocycles. The van der Waals surface area contributed by atoms with Gasteiger partial charge in [-0.25, -0.2) is 9.37 Å². The predicted octanol–water partition coefficient (Wildman–Crippen LogP) is 4.13. The minimum atomic E-state index is -2.68. The summed E-state index contributed by atoms with van der Waals surface area (Å²) in [6.07, 6.45) is 1.99. The van der Waals surface area contributed by atoms with E-state index in [2.05, 4.69) is 10.3 Å². The standard InChI is InChI=1S/C17H14FN3O3S3/c1-25-12-5-2-10(3-6-12)15-9-26-17(19-15)20-16(22)13-7-4-11(18)8-14(13)21-27(23)24/h2-9,21H,1H3,(H,23,24)(H,19,20,22)/p-1. The summed E-state index contributed by atoms with van der Waals surface area (Å²) in [5.41, 5.74) is 1.46. The second-order valence-electron chi connectivity index (χ2n) is 5.25. The number of rotatable bonds is 6. The van der Waals surface area contributed by atoms with Gasteiger partial charge in [0.25, 0.3) is 5.91 Å². The molecule has 1 atom stereocenters. The third-order valence-electron chi connectivity index (χ3n) is 3.53. The van der Waals surface area contributed by atoms with Crippen molar-refractivity contribution in [2.24, 2.45) is 0 Å². The molecule has 1 amide bonds. The Balaban J connectivity index is 1.79. The Hall–Kier alpha value is -2.27. The molecule has 0 saturated heterocycles. The van der Waals surface area contributed by atoms with Crippen molar-refractivity contribution >= 4 is 51.1 Å². The highest BCUT2D eigenvalue weighted by Gasteiger charge is 2.15. The van der Waals surface area contributed by atoms with E-state index in [4.69, 9.17) is 0 Å². The van der Waals surface area contributed by atoms with E-state index in [0.717, 1.165) is 22.6 Å². The molecular weight excluding hydrogens is 409 g/mol. The number of halogens is 1. The number of nitrogens with one attached hydrogen (secondary N) is 2. The first-order valence-corrected chi connectivity index (χ1v) is 10.7. The van der Waals surface area contributed by atoms with E-state index in [1.165, 1.54) is 17.4 Å². The molecular formula is C17H13FN3O3S3-. The first-order valence-electron chi connectivity index (χ1n) is 7.53. The molecule has 0 saturated carbocycles. The van der Waals surface area contributed by atoms with E-state index in [1.54, 1.807) is 17.1 Å². The number of hydrogen-bond donors (Lipinski definition) is 2. The number of amides is 1. The van der Waals surface area contributed by atoms with Gasteiger partial charge in [0, 0.05) is 27.1 Å². The number of thioether (sulfide) groups is 1. The highest BCUT2D eigenvalue weighted by molar-refractivity contribution is 7.98. The van der Waals surface area contributed by atoms with Gasteiger partial charge in [0.2, 0.25) is 0 Å². The van der Waals surface area contributed by atoms with Gasteiger partial charge in [-0.3, -0.25) is 14.3 Å². The van der Waals surface area contributed by atoms with Crippen molar-refractivity contribution in [3.05, 3.63) is 59.2 Å². The van der Waals surface area contributed by atoms with Crippen molar-refractivity contribution in [1.29, 1.82) is 0 Å². The summed E-state index contributed by atoms with van der Waals surface area (Å²) in [7, 11) is 0. The van der Waals surface area contributed by atoms with Crippen molar-refractivity contribution in [1.82, 2.24) is 4.98 Å². The highest BCUT2D eigenvalue weighted by Crippen LogP contribution is 2.27. The summed E-state index contributed by atoms with van der Waals surface area (Å²) in [5.74, 6) is -1.26. The van der Waals surface area contributed by atoms with Gasteiger partial charge in [0.15, 0.2) is 5.13 Å². The van der Waals surface area contributed by atoms with Crippen molar-refractivity contribution in [3.8, 4) is 11.3 Å². The molecule has 140 valence electrons. The molecule has 27 heavy (non-hydrogen) atoms. The van der Waals surface area contributed by atoms with Crippen LogP contribution in [0.2, 0.25) is 0 Å². The molecule has 0 aliphatic carbocycles. The minimum Gasteiger partial charge on any atom is -0.755 e. The summed E-state index contributed by atoms with van der Waals surface area (Å²) < 4.78 is 37.1. The SMILES string of the molecule is CSc1ccc(-c2csc(NC(=O)c3ccc(F)cc3NS(=O)[O-])n2)cc1. The molecule has 0 aliphatic rings. The van der Waals surface area contributed by atoms with E-state index >= 15 is 0 Å². The minimum absolute atomic E-state index is 0.0123. The lowest BCUT2D eigenvalue weighted by molar-refractivity contribution is 0.102. The van der Waals surface area contributed by atoms with E-state index < -0.39 is 23.0 Å². The van der Waals surface area contributed by atoms with Crippen LogP contribution in [-0.2, 0) is 11.3 Å². The molecule has 3 aromatic rings. The monoisotopic (exact) mass is 422 g/mol. The van der Waals surface area contributed by atoms with E-state index in [1.807, 2.05) is 35.2 Å². The van der Waals surface area contributed by atoms with Crippen LogP contribution in [0, 0.1) is 5.82 Å². The van der Waals surface area contributed by atoms with Crippen LogP contribution in [0.15, 0.2) is 52.7 Å². The van der Waals surface area contributed by atoms with Crippen molar-refractivity contribution < 1.29 is 17.9 Å². The second-order valence-corrected chi connectivity index (χ2v) is 7.66. The van der Waals surface area contributed by atoms with Gasteiger partial charge in [-0.2, -0.15) is 0 Å². The maximum absolute atomic E-state index is 13.3. The molecule has 0 radical (unpaired) electrons. The zero-order valence-corrected chi connectivity index (χ0v) is 16.3. The number of benzene rings is 2. The largest absolute Gasteiger partial charge is 0.755 e. The number of aromatic nitrogens is 1. The van der Waals surface area contributed by atoms with Gasteiger partial charge in [0.1, 0.15) is 5.82 Å². The van der Waals surface area contributed by atoms with Gasteiger partial charge in [-0.15, -0.1) is 23.1 Å². The normalized spacial score (nSPS) is 11.8. The zero-order valence-electron chi connectivity index (χ0n) is 13.9. The Labute approximate surface area is 165 Å². The number of carbonyl (C=O) groups is 1. The van der Waals surface area contributed by atoms with Crippen LogP contribution in [0.4, 0.5) is 15.2 Å².